The second kappa shape index (κ2) is 9.64. The van der Waals surface area contributed by atoms with Gasteiger partial charge < -0.3 is 24.8 Å². The number of carbonyl (C=O) groups is 3. The molecule has 0 heterocycles. The summed E-state index contributed by atoms with van der Waals surface area (Å²) in [6.07, 6.45) is 2.05. The number of hydrogen-bond donors (Lipinski definition) is 2. The Balaban J connectivity index is 2.50. The monoisotopic (exact) mass is 372 g/mol. The van der Waals surface area contributed by atoms with Crippen LogP contribution in [0.2, 0.25) is 0 Å². The fourth-order valence-electron chi connectivity index (χ4n) is 4.17. The first kappa shape index (κ1) is 22.1. The van der Waals surface area contributed by atoms with E-state index in [0.29, 0.717) is 13.0 Å². The fourth-order valence-corrected chi connectivity index (χ4v) is 4.17. The van der Waals surface area contributed by atoms with Crippen LogP contribution in [0.1, 0.15) is 46.5 Å². The van der Waals surface area contributed by atoms with Crippen LogP contribution in [0.5, 0.6) is 0 Å². The number of methoxy groups -OCH3 is 2. The summed E-state index contributed by atoms with van der Waals surface area (Å²) in [6.45, 7) is 7.34. The van der Waals surface area contributed by atoms with Crippen LogP contribution in [0.3, 0.4) is 0 Å². The van der Waals surface area contributed by atoms with Crippen molar-refractivity contribution in [3.8, 4) is 0 Å². The van der Waals surface area contributed by atoms with Gasteiger partial charge in [-0.3, -0.25) is 4.79 Å². The first-order valence-electron chi connectivity index (χ1n) is 8.88. The van der Waals surface area contributed by atoms with E-state index in [1.165, 1.54) is 14.2 Å². The standard InChI is InChI=1S/C18H32N2O6/c1-17(2)9-13(8-14(21)26-7-6-19-15(22)24-4)10-18(3,11-17)12-20-16(23)25-5/h13H,6-12H2,1-5H3,(H,19,22)(H,20,23). The van der Waals surface area contributed by atoms with Gasteiger partial charge in [0, 0.05) is 13.0 Å². The Morgan fingerprint density at radius 1 is 1.00 bits per heavy atom. The van der Waals surface area contributed by atoms with Crippen LogP contribution in [0.15, 0.2) is 0 Å². The second-order valence-electron chi connectivity index (χ2n) is 8.11. The van der Waals surface area contributed by atoms with Gasteiger partial charge >= 0.3 is 18.2 Å². The summed E-state index contributed by atoms with van der Waals surface area (Å²) in [7, 11) is 2.62. The van der Waals surface area contributed by atoms with E-state index < -0.39 is 12.2 Å². The van der Waals surface area contributed by atoms with Crippen LogP contribution in [0, 0.1) is 16.7 Å². The van der Waals surface area contributed by atoms with Crippen molar-refractivity contribution in [2.24, 2.45) is 16.7 Å². The third-order valence-electron chi connectivity index (χ3n) is 4.65. The number of rotatable bonds is 7. The predicted molar refractivity (Wildman–Crippen MR) is 95.6 cm³/mol. The van der Waals surface area contributed by atoms with E-state index in [1.54, 1.807) is 0 Å². The molecule has 1 aliphatic rings. The number of ether oxygens (including phenoxy) is 3. The van der Waals surface area contributed by atoms with Crippen LogP contribution in [-0.4, -0.2) is 52.1 Å². The minimum Gasteiger partial charge on any atom is -0.464 e. The van der Waals surface area contributed by atoms with Gasteiger partial charge in [0.15, 0.2) is 0 Å². The van der Waals surface area contributed by atoms with Gasteiger partial charge in [0.25, 0.3) is 0 Å². The lowest BCUT2D eigenvalue weighted by molar-refractivity contribution is -0.145. The smallest absolute Gasteiger partial charge is 0.406 e. The van der Waals surface area contributed by atoms with Crippen LogP contribution < -0.4 is 10.6 Å². The molecule has 1 aliphatic carbocycles. The molecular formula is C18H32N2O6. The molecule has 150 valence electrons. The van der Waals surface area contributed by atoms with Crippen molar-refractivity contribution >= 4 is 18.2 Å². The summed E-state index contributed by atoms with van der Waals surface area (Å²) in [5, 5.41) is 5.24. The number of nitrogens with one attached hydrogen (secondary N) is 2. The number of alkyl carbamates (subject to hydrolysis) is 2. The van der Waals surface area contributed by atoms with Gasteiger partial charge in [-0.1, -0.05) is 20.8 Å². The molecule has 0 aromatic carbocycles. The zero-order valence-corrected chi connectivity index (χ0v) is 16.5. The first-order valence-corrected chi connectivity index (χ1v) is 8.88. The van der Waals surface area contributed by atoms with Crippen molar-refractivity contribution in [3.63, 3.8) is 0 Å². The average molecular weight is 372 g/mol. The Morgan fingerprint density at radius 3 is 2.23 bits per heavy atom. The van der Waals surface area contributed by atoms with Gasteiger partial charge in [-0.15, -0.1) is 0 Å². The lowest BCUT2D eigenvalue weighted by atomic mass is 9.60. The normalized spacial score (nSPS) is 24.3. The molecule has 0 bridgehead atoms. The Bertz CT molecular complexity index is 508. The highest BCUT2D eigenvalue weighted by Gasteiger charge is 2.42. The molecule has 2 amide bonds. The molecule has 0 aliphatic heterocycles. The van der Waals surface area contributed by atoms with E-state index in [0.717, 1.165) is 19.3 Å². The molecular weight excluding hydrogens is 340 g/mol. The zero-order valence-electron chi connectivity index (χ0n) is 16.5. The maximum Gasteiger partial charge on any atom is 0.406 e. The number of carbonyl (C=O) groups excluding carboxylic acids is 3. The maximum atomic E-state index is 12.1. The van der Waals surface area contributed by atoms with Crippen LogP contribution in [-0.2, 0) is 19.0 Å². The van der Waals surface area contributed by atoms with E-state index >= 15 is 0 Å². The van der Waals surface area contributed by atoms with Gasteiger partial charge in [-0.05, 0) is 36.0 Å². The van der Waals surface area contributed by atoms with E-state index in [2.05, 4.69) is 40.9 Å². The molecule has 0 spiro atoms. The average Bonchev–Trinajstić information content (AvgIpc) is 2.54. The fraction of sp³-hybridized carbons (Fsp3) is 0.833. The molecule has 26 heavy (non-hydrogen) atoms. The summed E-state index contributed by atoms with van der Waals surface area (Å²) >= 11 is 0. The highest BCUT2D eigenvalue weighted by molar-refractivity contribution is 5.70. The van der Waals surface area contributed by atoms with E-state index in [4.69, 9.17) is 4.74 Å². The highest BCUT2D eigenvalue weighted by atomic mass is 16.5. The molecule has 2 atom stereocenters. The lowest BCUT2D eigenvalue weighted by Gasteiger charge is -2.46. The predicted octanol–water partition coefficient (Wildman–Crippen LogP) is 2.46. The number of hydrogen-bond acceptors (Lipinski definition) is 6. The maximum absolute atomic E-state index is 12.1. The molecule has 0 saturated heterocycles. The second-order valence-corrected chi connectivity index (χ2v) is 8.11. The topological polar surface area (TPSA) is 103 Å². The van der Waals surface area contributed by atoms with Gasteiger partial charge in [-0.25, -0.2) is 9.59 Å². The Hall–Kier alpha value is -1.99. The van der Waals surface area contributed by atoms with Gasteiger partial charge in [0.2, 0.25) is 0 Å². The van der Waals surface area contributed by atoms with Crippen molar-refractivity contribution < 1.29 is 28.6 Å². The van der Waals surface area contributed by atoms with Crippen molar-refractivity contribution in [2.75, 3.05) is 33.9 Å². The van der Waals surface area contributed by atoms with E-state index in [9.17, 15) is 14.4 Å². The Kier molecular flexibility index (Phi) is 8.17. The minimum absolute atomic E-state index is 0.0716. The van der Waals surface area contributed by atoms with Gasteiger partial charge in [0.05, 0.1) is 20.8 Å². The van der Waals surface area contributed by atoms with Crippen LogP contribution in [0.25, 0.3) is 0 Å². The molecule has 0 aromatic heterocycles. The summed E-state index contributed by atoms with van der Waals surface area (Å²) < 4.78 is 14.3. The lowest BCUT2D eigenvalue weighted by Crippen LogP contribution is -2.44. The zero-order chi connectivity index (χ0) is 19.8. The molecule has 2 unspecified atom stereocenters. The summed E-state index contributed by atoms with van der Waals surface area (Å²) in [6, 6.07) is 0. The molecule has 2 N–H and O–H groups in total. The molecule has 0 radical (unpaired) electrons. The summed E-state index contributed by atoms with van der Waals surface area (Å²) in [5.41, 5.74) is -0.0322. The van der Waals surface area contributed by atoms with Gasteiger partial charge in [0.1, 0.15) is 6.61 Å². The summed E-state index contributed by atoms with van der Waals surface area (Å²) in [4.78, 5) is 34.4. The summed E-state index contributed by atoms with van der Waals surface area (Å²) in [5.74, 6) is -0.0908. The van der Waals surface area contributed by atoms with Crippen molar-refractivity contribution in [1.29, 1.82) is 0 Å². The molecule has 1 saturated carbocycles. The molecule has 8 heteroatoms. The van der Waals surface area contributed by atoms with Crippen molar-refractivity contribution in [2.45, 2.75) is 46.5 Å². The minimum atomic E-state index is -0.552. The Labute approximate surface area is 155 Å². The first-order chi connectivity index (χ1) is 12.1. The van der Waals surface area contributed by atoms with E-state index in [-0.39, 0.29) is 35.9 Å². The van der Waals surface area contributed by atoms with Crippen LogP contribution >= 0.6 is 0 Å². The van der Waals surface area contributed by atoms with Crippen molar-refractivity contribution in [3.05, 3.63) is 0 Å². The van der Waals surface area contributed by atoms with Crippen molar-refractivity contribution in [1.82, 2.24) is 10.6 Å². The molecule has 0 aromatic rings. The van der Waals surface area contributed by atoms with E-state index in [1.807, 2.05) is 0 Å². The molecule has 1 fully saturated rings. The third kappa shape index (κ3) is 7.93. The largest absolute Gasteiger partial charge is 0.464 e. The SMILES string of the molecule is COC(=O)NCCOC(=O)CC1CC(C)(C)CC(C)(CNC(=O)OC)C1. The number of esters is 1. The third-order valence-corrected chi connectivity index (χ3v) is 4.65. The highest BCUT2D eigenvalue weighted by Crippen LogP contribution is 2.49. The molecule has 1 rings (SSSR count). The quantitative estimate of drug-likeness (QED) is 0.404. The Morgan fingerprint density at radius 2 is 1.62 bits per heavy atom. The van der Waals surface area contributed by atoms with Crippen LogP contribution in [0.4, 0.5) is 9.59 Å². The number of amides is 2. The molecule has 8 nitrogen and oxygen atoms in total. The van der Waals surface area contributed by atoms with Gasteiger partial charge in [-0.2, -0.15) is 0 Å².